The summed E-state index contributed by atoms with van der Waals surface area (Å²) in [5.74, 6) is 1.04. The van der Waals surface area contributed by atoms with Crippen molar-refractivity contribution in [3.63, 3.8) is 0 Å². The van der Waals surface area contributed by atoms with E-state index in [4.69, 9.17) is 9.88 Å². The monoisotopic (exact) mass is 461 g/mol. The first kappa shape index (κ1) is 24.9. The number of likely N-dealkylation sites (tertiary alicyclic amines) is 1. The minimum Gasteiger partial charge on any atom is -0.488 e. The number of aromatic nitrogens is 1. The highest BCUT2D eigenvalue weighted by Gasteiger charge is 2.21. The van der Waals surface area contributed by atoms with Crippen LogP contribution < -0.4 is 9.88 Å². The van der Waals surface area contributed by atoms with Crippen LogP contribution in [0.2, 0.25) is 0 Å². The summed E-state index contributed by atoms with van der Waals surface area (Å²) in [5.41, 5.74) is 2.31. The number of hydrogen-bond donors (Lipinski definition) is 1. The Morgan fingerprint density at radius 1 is 1.09 bits per heavy atom. The van der Waals surface area contributed by atoms with Crippen LogP contribution in [0.5, 0.6) is 5.75 Å². The molecule has 1 aliphatic heterocycles. The normalized spacial score (nSPS) is 15.9. The van der Waals surface area contributed by atoms with Crippen LogP contribution in [-0.4, -0.2) is 49.8 Å². The van der Waals surface area contributed by atoms with Crippen molar-refractivity contribution in [2.45, 2.75) is 77.2 Å². The second kappa shape index (κ2) is 12.5. The second-order valence-electron chi connectivity index (χ2n) is 9.07. The number of sulfonamides is 1. The SMILES string of the molecule is CCCCc1cc(OC2CCN(CCCCCCCS(N)(=O)=O)CC2)c2ncccc2c1. The van der Waals surface area contributed by atoms with Crippen molar-refractivity contribution in [1.82, 2.24) is 9.88 Å². The first-order valence-electron chi connectivity index (χ1n) is 12.2. The number of fused-ring (bicyclic) bond motifs is 1. The van der Waals surface area contributed by atoms with Gasteiger partial charge >= 0.3 is 0 Å². The van der Waals surface area contributed by atoms with Crippen molar-refractivity contribution in [3.8, 4) is 5.75 Å². The van der Waals surface area contributed by atoms with E-state index in [1.807, 2.05) is 12.3 Å². The molecule has 3 rings (SSSR count). The van der Waals surface area contributed by atoms with Crippen molar-refractivity contribution in [2.75, 3.05) is 25.4 Å². The van der Waals surface area contributed by atoms with Gasteiger partial charge in [-0.05, 0) is 68.8 Å². The van der Waals surface area contributed by atoms with Gasteiger partial charge in [-0.3, -0.25) is 4.98 Å². The molecule has 0 unspecified atom stereocenters. The predicted molar refractivity (Wildman–Crippen MR) is 132 cm³/mol. The van der Waals surface area contributed by atoms with Gasteiger partial charge in [-0.25, -0.2) is 13.6 Å². The Morgan fingerprint density at radius 3 is 2.59 bits per heavy atom. The zero-order chi connectivity index (χ0) is 22.8. The van der Waals surface area contributed by atoms with Gasteiger partial charge in [0.25, 0.3) is 0 Å². The molecule has 6 nitrogen and oxygen atoms in total. The molecular formula is C25H39N3O3S. The molecule has 0 amide bonds. The fourth-order valence-electron chi connectivity index (χ4n) is 4.43. The van der Waals surface area contributed by atoms with E-state index in [-0.39, 0.29) is 11.9 Å². The molecule has 1 aromatic carbocycles. The molecule has 32 heavy (non-hydrogen) atoms. The third-order valence-corrected chi connectivity index (χ3v) is 7.14. The van der Waals surface area contributed by atoms with Crippen molar-refractivity contribution in [3.05, 3.63) is 36.0 Å². The van der Waals surface area contributed by atoms with Gasteiger partial charge in [0.1, 0.15) is 17.4 Å². The van der Waals surface area contributed by atoms with Gasteiger partial charge in [0, 0.05) is 24.7 Å². The highest BCUT2D eigenvalue weighted by molar-refractivity contribution is 7.89. The zero-order valence-corrected chi connectivity index (χ0v) is 20.3. The smallest absolute Gasteiger partial charge is 0.209 e. The van der Waals surface area contributed by atoms with E-state index in [0.717, 1.165) is 81.2 Å². The van der Waals surface area contributed by atoms with Gasteiger partial charge in [-0.2, -0.15) is 0 Å². The molecule has 1 aromatic heterocycles. The van der Waals surface area contributed by atoms with E-state index >= 15 is 0 Å². The highest BCUT2D eigenvalue weighted by Crippen LogP contribution is 2.29. The number of nitrogens with two attached hydrogens (primary N) is 1. The first-order chi connectivity index (χ1) is 15.4. The number of aryl methyl sites for hydroxylation is 1. The Kier molecular flexibility index (Phi) is 9.75. The van der Waals surface area contributed by atoms with Crippen molar-refractivity contribution in [2.24, 2.45) is 5.14 Å². The van der Waals surface area contributed by atoms with Crippen molar-refractivity contribution >= 4 is 20.9 Å². The predicted octanol–water partition coefficient (Wildman–Crippen LogP) is 4.66. The van der Waals surface area contributed by atoms with Gasteiger partial charge in [0.15, 0.2) is 0 Å². The Balaban J connectivity index is 1.41. The molecule has 0 saturated carbocycles. The average Bonchev–Trinajstić information content (AvgIpc) is 2.77. The lowest BCUT2D eigenvalue weighted by atomic mass is 10.0. The summed E-state index contributed by atoms with van der Waals surface area (Å²) < 4.78 is 28.4. The van der Waals surface area contributed by atoms with Crippen LogP contribution in [0.1, 0.15) is 70.3 Å². The summed E-state index contributed by atoms with van der Waals surface area (Å²) >= 11 is 0. The van der Waals surface area contributed by atoms with Gasteiger partial charge < -0.3 is 9.64 Å². The Hall–Kier alpha value is -1.70. The molecule has 2 aromatic rings. The molecule has 0 radical (unpaired) electrons. The third kappa shape index (κ3) is 8.34. The van der Waals surface area contributed by atoms with Crippen LogP contribution in [0.15, 0.2) is 30.5 Å². The summed E-state index contributed by atoms with van der Waals surface area (Å²) in [4.78, 5) is 7.12. The summed E-state index contributed by atoms with van der Waals surface area (Å²) in [6.45, 7) is 5.47. The maximum atomic E-state index is 10.9. The summed E-state index contributed by atoms with van der Waals surface area (Å²) in [6, 6.07) is 8.58. The molecule has 0 atom stereocenters. The fourth-order valence-corrected chi connectivity index (χ4v) is 5.04. The lowest BCUT2D eigenvalue weighted by Gasteiger charge is -2.32. The molecule has 0 spiro atoms. The second-order valence-corrected chi connectivity index (χ2v) is 10.8. The number of rotatable bonds is 13. The number of nitrogens with zero attached hydrogens (tertiary/aromatic N) is 2. The third-order valence-electron chi connectivity index (χ3n) is 6.28. The zero-order valence-electron chi connectivity index (χ0n) is 19.5. The van der Waals surface area contributed by atoms with Crippen LogP contribution >= 0.6 is 0 Å². The average molecular weight is 462 g/mol. The maximum absolute atomic E-state index is 10.9. The standard InChI is InChI=1S/C25H39N3O3S/c1-2-3-10-21-19-22-11-9-14-27-25(22)24(20-21)31-23-12-16-28(17-13-23)15-7-5-4-6-8-18-32(26,29)30/h9,11,14,19-20,23H,2-8,10,12-13,15-18H2,1H3,(H2,26,29,30). The molecule has 0 bridgehead atoms. The summed E-state index contributed by atoms with van der Waals surface area (Å²) in [6.07, 6.45) is 12.6. The lowest BCUT2D eigenvalue weighted by molar-refractivity contribution is 0.100. The number of benzene rings is 1. The van der Waals surface area contributed by atoms with Crippen LogP contribution in [0.25, 0.3) is 10.9 Å². The van der Waals surface area contributed by atoms with E-state index in [1.54, 1.807) is 0 Å². The quantitative estimate of drug-likeness (QED) is 0.439. The number of hydrogen-bond acceptors (Lipinski definition) is 5. The van der Waals surface area contributed by atoms with Crippen LogP contribution in [-0.2, 0) is 16.4 Å². The number of primary sulfonamides is 1. The van der Waals surface area contributed by atoms with E-state index in [1.165, 1.54) is 18.4 Å². The van der Waals surface area contributed by atoms with Gasteiger partial charge in [0.05, 0.1) is 5.75 Å². The molecule has 0 aliphatic carbocycles. The molecular weight excluding hydrogens is 422 g/mol. The largest absolute Gasteiger partial charge is 0.488 e. The van der Waals surface area contributed by atoms with Crippen LogP contribution in [0.3, 0.4) is 0 Å². The Labute approximate surface area is 193 Å². The molecule has 178 valence electrons. The number of pyridine rings is 1. The Morgan fingerprint density at radius 2 is 1.84 bits per heavy atom. The van der Waals surface area contributed by atoms with Gasteiger partial charge in [-0.1, -0.05) is 38.7 Å². The van der Waals surface area contributed by atoms with E-state index in [0.29, 0.717) is 6.42 Å². The van der Waals surface area contributed by atoms with Crippen molar-refractivity contribution in [1.29, 1.82) is 0 Å². The van der Waals surface area contributed by atoms with E-state index in [9.17, 15) is 8.42 Å². The Bertz CT molecular complexity index is 941. The minimum absolute atomic E-state index is 0.104. The lowest BCUT2D eigenvalue weighted by Crippen LogP contribution is -2.38. The number of unbranched alkanes of at least 4 members (excludes halogenated alkanes) is 5. The maximum Gasteiger partial charge on any atom is 0.209 e. The topological polar surface area (TPSA) is 85.5 Å². The minimum atomic E-state index is -3.31. The van der Waals surface area contributed by atoms with E-state index < -0.39 is 10.0 Å². The fraction of sp³-hybridized carbons (Fsp3) is 0.640. The molecule has 1 fully saturated rings. The van der Waals surface area contributed by atoms with Crippen LogP contribution in [0.4, 0.5) is 0 Å². The number of ether oxygens (including phenoxy) is 1. The van der Waals surface area contributed by atoms with Gasteiger partial charge in [-0.15, -0.1) is 0 Å². The first-order valence-corrected chi connectivity index (χ1v) is 13.9. The molecule has 1 saturated heterocycles. The van der Waals surface area contributed by atoms with E-state index in [2.05, 4.69) is 35.0 Å². The molecule has 7 heteroatoms. The van der Waals surface area contributed by atoms with Crippen LogP contribution in [0, 0.1) is 0 Å². The highest BCUT2D eigenvalue weighted by atomic mass is 32.2. The number of piperidine rings is 1. The molecule has 1 aliphatic rings. The van der Waals surface area contributed by atoms with Gasteiger partial charge in [0.2, 0.25) is 10.0 Å². The summed E-state index contributed by atoms with van der Waals surface area (Å²) in [5, 5.41) is 6.20. The van der Waals surface area contributed by atoms with Crippen molar-refractivity contribution < 1.29 is 13.2 Å². The summed E-state index contributed by atoms with van der Waals surface area (Å²) in [7, 11) is -3.31. The molecule has 2 N–H and O–H groups in total. The molecule has 2 heterocycles.